The van der Waals surface area contributed by atoms with E-state index in [2.05, 4.69) is 30.6 Å². The maximum Gasteiger partial charge on any atom is 0.128 e. The zero-order chi connectivity index (χ0) is 13.7. The molecule has 0 radical (unpaired) electrons. The van der Waals surface area contributed by atoms with Crippen molar-refractivity contribution < 1.29 is 4.74 Å². The SMILES string of the molecule is CCCOc1ccccc1-c1ccc(CS)c(C)n1. The number of rotatable bonds is 5. The topological polar surface area (TPSA) is 22.1 Å². The van der Waals surface area contributed by atoms with Gasteiger partial charge in [-0.1, -0.05) is 25.1 Å². The van der Waals surface area contributed by atoms with E-state index in [9.17, 15) is 0 Å². The maximum atomic E-state index is 5.78. The number of aromatic nitrogens is 1. The molecule has 0 spiro atoms. The fraction of sp³-hybridized carbons (Fsp3) is 0.312. The van der Waals surface area contributed by atoms with Crippen molar-refractivity contribution >= 4 is 12.6 Å². The largest absolute Gasteiger partial charge is 0.493 e. The van der Waals surface area contributed by atoms with Gasteiger partial charge in [-0.05, 0) is 37.1 Å². The van der Waals surface area contributed by atoms with Crippen LogP contribution < -0.4 is 4.74 Å². The number of para-hydroxylation sites is 1. The maximum absolute atomic E-state index is 5.78. The minimum absolute atomic E-state index is 0.715. The van der Waals surface area contributed by atoms with E-state index in [1.165, 1.54) is 5.56 Å². The minimum atomic E-state index is 0.715. The fourth-order valence-electron chi connectivity index (χ4n) is 1.92. The lowest BCUT2D eigenvalue weighted by Crippen LogP contribution is -1.98. The van der Waals surface area contributed by atoms with Crippen LogP contribution in [-0.2, 0) is 5.75 Å². The van der Waals surface area contributed by atoms with Crippen LogP contribution in [0.4, 0.5) is 0 Å². The summed E-state index contributed by atoms with van der Waals surface area (Å²) in [6, 6.07) is 12.2. The Morgan fingerprint density at radius 2 is 1.95 bits per heavy atom. The number of hydrogen-bond donors (Lipinski definition) is 1. The Kier molecular flexibility index (Phi) is 4.86. The molecule has 2 rings (SSSR count). The average Bonchev–Trinajstić information content (AvgIpc) is 2.45. The van der Waals surface area contributed by atoms with Crippen molar-refractivity contribution in [3.8, 4) is 17.0 Å². The average molecular weight is 273 g/mol. The van der Waals surface area contributed by atoms with E-state index in [0.717, 1.165) is 35.7 Å². The Hall–Kier alpha value is -1.48. The third-order valence-electron chi connectivity index (χ3n) is 2.99. The molecule has 1 aromatic carbocycles. The summed E-state index contributed by atoms with van der Waals surface area (Å²) in [6.45, 7) is 4.85. The minimum Gasteiger partial charge on any atom is -0.493 e. The molecule has 0 unspecified atom stereocenters. The van der Waals surface area contributed by atoms with Gasteiger partial charge in [-0.25, -0.2) is 0 Å². The molecular weight excluding hydrogens is 254 g/mol. The van der Waals surface area contributed by atoms with Crippen molar-refractivity contribution in [3.63, 3.8) is 0 Å². The van der Waals surface area contributed by atoms with E-state index < -0.39 is 0 Å². The highest BCUT2D eigenvalue weighted by Gasteiger charge is 2.08. The Morgan fingerprint density at radius 3 is 2.63 bits per heavy atom. The predicted molar refractivity (Wildman–Crippen MR) is 82.9 cm³/mol. The first-order valence-corrected chi connectivity index (χ1v) is 7.19. The number of thiol groups is 1. The van der Waals surface area contributed by atoms with E-state index in [4.69, 9.17) is 4.74 Å². The molecule has 0 saturated heterocycles. The summed E-state index contributed by atoms with van der Waals surface area (Å²) in [7, 11) is 0. The van der Waals surface area contributed by atoms with Gasteiger partial charge in [-0.15, -0.1) is 0 Å². The molecule has 0 saturated carbocycles. The van der Waals surface area contributed by atoms with Crippen LogP contribution in [0.25, 0.3) is 11.3 Å². The standard InChI is InChI=1S/C16H19NOS/c1-3-10-18-16-7-5-4-6-14(16)15-9-8-13(11-19)12(2)17-15/h4-9,19H,3,10-11H2,1-2H3. The van der Waals surface area contributed by atoms with E-state index in [1.807, 2.05) is 37.3 Å². The van der Waals surface area contributed by atoms with Crippen LogP contribution >= 0.6 is 12.6 Å². The second-order valence-electron chi connectivity index (χ2n) is 4.44. The summed E-state index contributed by atoms with van der Waals surface area (Å²) in [6.07, 6.45) is 0.999. The molecule has 19 heavy (non-hydrogen) atoms. The van der Waals surface area contributed by atoms with Crippen LogP contribution in [0.3, 0.4) is 0 Å². The zero-order valence-corrected chi connectivity index (χ0v) is 12.3. The fourth-order valence-corrected chi connectivity index (χ4v) is 2.26. The molecule has 2 aromatic rings. The van der Waals surface area contributed by atoms with Gasteiger partial charge in [0.2, 0.25) is 0 Å². The summed E-state index contributed by atoms with van der Waals surface area (Å²) in [5.74, 6) is 1.61. The number of ether oxygens (including phenoxy) is 1. The van der Waals surface area contributed by atoms with Crippen LogP contribution in [0.5, 0.6) is 5.75 Å². The summed E-state index contributed by atoms with van der Waals surface area (Å²) >= 11 is 4.30. The Balaban J connectivity index is 2.38. The number of benzene rings is 1. The third kappa shape index (κ3) is 3.29. The second kappa shape index (κ2) is 6.62. The highest BCUT2D eigenvalue weighted by atomic mass is 32.1. The van der Waals surface area contributed by atoms with E-state index in [0.29, 0.717) is 5.75 Å². The number of nitrogens with zero attached hydrogens (tertiary/aromatic N) is 1. The molecular formula is C16H19NOS. The number of hydrogen-bond acceptors (Lipinski definition) is 3. The first kappa shape index (κ1) is 13.9. The van der Waals surface area contributed by atoms with Crippen LogP contribution in [0, 0.1) is 6.92 Å². The van der Waals surface area contributed by atoms with Gasteiger partial charge in [-0.3, -0.25) is 4.98 Å². The number of aryl methyl sites for hydroxylation is 1. The van der Waals surface area contributed by atoms with E-state index in [-0.39, 0.29) is 0 Å². The van der Waals surface area contributed by atoms with Gasteiger partial charge in [0.25, 0.3) is 0 Å². The van der Waals surface area contributed by atoms with Crippen molar-refractivity contribution in [2.24, 2.45) is 0 Å². The summed E-state index contributed by atoms with van der Waals surface area (Å²) in [5, 5.41) is 0. The molecule has 0 N–H and O–H groups in total. The van der Waals surface area contributed by atoms with Crippen LogP contribution in [0.2, 0.25) is 0 Å². The van der Waals surface area contributed by atoms with Crippen LogP contribution in [0.15, 0.2) is 36.4 Å². The van der Waals surface area contributed by atoms with Crippen molar-refractivity contribution in [2.45, 2.75) is 26.0 Å². The van der Waals surface area contributed by atoms with Crippen molar-refractivity contribution in [2.75, 3.05) is 6.61 Å². The molecule has 0 bridgehead atoms. The van der Waals surface area contributed by atoms with Crippen LogP contribution in [0.1, 0.15) is 24.6 Å². The molecule has 1 aromatic heterocycles. The molecule has 0 aliphatic carbocycles. The highest BCUT2D eigenvalue weighted by molar-refractivity contribution is 7.79. The molecule has 0 fully saturated rings. The molecule has 1 heterocycles. The Morgan fingerprint density at radius 1 is 1.16 bits per heavy atom. The van der Waals surface area contributed by atoms with Gasteiger partial charge in [0, 0.05) is 17.0 Å². The highest BCUT2D eigenvalue weighted by Crippen LogP contribution is 2.29. The lowest BCUT2D eigenvalue weighted by Gasteiger charge is -2.11. The monoisotopic (exact) mass is 273 g/mol. The van der Waals surface area contributed by atoms with Crippen molar-refractivity contribution in [1.82, 2.24) is 4.98 Å². The first-order chi connectivity index (χ1) is 9.26. The van der Waals surface area contributed by atoms with Gasteiger partial charge >= 0.3 is 0 Å². The van der Waals surface area contributed by atoms with Gasteiger partial charge in [0.1, 0.15) is 5.75 Å². The van der Waals surface area contributed by atoms with Crippen LogP contribution in [-0.4, -0.2) is 11.6 Å². The van der Waals surface area contributed by atoms with Crippen molar-refractivity contribution in [1.29, 1.82) is 0 Å². The smallest absolute Gasteiger partial charge is 0.128 e. The Labute approximate surface area is 120 Å². The van der Waals surface area contributed by atoms with Gasteiger partial charge in [0.15, 0.2) is 0 Å². The molecule has 3 heteroatoms. The molecule has 0 aliphatic heterocycles. The summed E-state index contributed by atoms with van der Waals surface area (Å²) < 4.78 is 5.78. The van der Waals surface area contributed by atoms with E-state index >= 15 is 0 Å². The molecule has 0 aliphatic rings. The second-order valence-corrected chi connectivity index (χ2v) is 4.76. The van der Waals surface area contributed by atoms with Gasteiger partial charge in [-0.2, -0.15) is 12.6 Å². The predicted octanol–water partition coefficient (Wildman–Crippen LogP) is 4.28. The molecule has 2 nitrogen and oxygen atoms in total. The third-order valence-corrected chi connectivity index (χ3v) is 3.33. The normalized spacial score (nSPS) is 10.5. The Bertz CT molecular complexity index is 554. The summed E-state index contributed by atoms with van der Waals surface area (Å²) in [5.41, 5.74) is 4.19. The van der Waals surface area contributed by atoms with Gasteiger partial charge in [0.05, 0.1) is 12.3 Å². The number of pyridine rings is 1. The lowest BCUT2D eigenvalue weighted by atomic mass is 10.1. The zero-order valence-electron chi connectivity index (χ0n) is 11.4. The van der Waals surface area contributed by atoms with E-state index in [1.54, 1.807) is 0 Å². The molecule has 0 atom stereocenters. The summed E-state index contributed by atoms with van der Waals surface area (Å²) in [4.78, 5) is 4.65. The van der Waals surface area contributed by atoms with Crippen molar-refractivity contribution in [3.05, 3.63) is 47.7 Å². The molecule has 0 amide bonds. The first-order valence-electron chi connectivity index (χ1n) is 6.55. The quantitative estimate of drug-likeness (QED) is 0.822. The van der Waals surface area contributed by atoms with Gasteiger partial charge < -0.3 is 4.74 Å². The lowest BCUT2D eigenvalue weighted by molar-refractivity contribution is 0.318. The molecule has 100 valence electrons.